The largest absolute Gasteiger partial charge is 0.431 e. The van der Waals surface area contributed by atoms with Crippen LogP contribution in [0.2, 0.25) is 0 Å². The molecule has 0 spiro atoms. The van der Waals surface area contributed by atoms with Crippen molar-refractivity contribution in [3.8, 4) is 5.69 Å². The average molecular weight is 422 g/mol. The smallest absolute Gasteiger partial charge is 0.227 e. The van der Waals surface area contributed by atoms with Gasteiger partial charge in [-0.1, -0.05) is 42.8 Å². The van der Waals surface area contributed by atoms with Gasteiger partial charge in [-0.15, -0.1) is 0 Å². The second-order valence-electron chi connectivity index (χ2n) is 7.41. The maximum atomic E-state index is 6.60. The second-order valence-corrected chi connectivity index (χ2v) is 11.1. The van der Waals surface area contributed by atoms with Crippen LogP contribution in [0.4, 0.5) is 5.82 Å². The quantitative estimate of drug-likeness (QED) is 0.574. The third-order valence-electron chi connectivity index (χ3n) is 5.43. The van der Waals surface area contributed by atoms with E-state index in [1.807, 2.05) is 72.3 Å². The van der Waals surface area contributed by atoms with Gasteiger partial charge in [0.15, 0.2) is 5.82 Å². The number of hydrogen-bond donors (Lipinski definition) is 0. The highest BCUT2D eigenvalue weighted by Gasteiger charge is 2.41. The fraction of sp³-hybridized carbons (Fsp3) is 0.273. The Balaban J connectivity index is 1.73. The van der Waals surface area contributed by atoms with Crippen molar-refractivity contribution in [1.29, 1.82) is 0 Å². The number of nitrogens with zero attached hydrogens (tertiary/aromatic N) is 4. The van der Waals surface area contributed by atoms with Gasteiger partial charge in [0, 0.05) is 18.7 Å². The van der Waals surface area contributed by atoms with E-state index in [4.69, 9.17) is 26.4 Å². The summed E-state index contributed by atoms with van der Waals surface area (Å²) in [7, 11) is 0. The third-order valence-corrected chi connectivity index (χ3v) is 9.55. The van der Waals surface area contributed by atoms with Gasteiger partial charge in [0.2, 0.25) is 12.3 Å². The lowest BCUT2D eigenvalue weighted by Crippen LogP contribution is -2.35. The molecule has 0 N–H and O–H groups in total. The zero-order chi connectivity index (χ0) is 19.8. The molecule has 2 aliphatic rings. The summed E-state index contributed by atoms with van der Waals surface area (Å²) in [5, 5.41) is 5.84. The molecule has 148 valence electrons. The summed E-state index contributed by atoms with van der Waals surface area (Å²) in [6.45, 7) is 3.96. The number of aryl methyl sites for hydroxylation is 1. The number of para-hydroxylation sites is 1. The Hall–Kier alpha value is -2.27. The zero-order valence-corrected chi connectivity index (χ0v) is 18.1. The van der Waals surface area contributed by atoms with E-state index in [9.17, 15) is 0 Å². The first-order valence-electron chi connectivity index (χ1n) is 10.0. The highest BCUT2D eigenvalue weighted by molar-refractivity contribution is 8.15. The summed E-state index contributed by atoms with van der Waals surface area (Å²) in [6, 6.07) is 20.2. The van der Waals surface area contributed by atoms with Crippen LogP contribution in [0.3, 0.4) is 0 Å². The summed E-state index contributed by atoms with van der Waals surface area (Å²) in [4.78, 5) is 4.93. The fourth-order valence-corrected chi connectivity index (χ4v) is 7.88. The monoisotopic (exact) mass is 422 g/mol. The van der Waals surface area contributed by atoms with Gasteiger partial charge in [0.25, 0.3) is 0 Å². The molecule has 3 heterocycles. The Kier molecular flexibility index (Phi) is 4.86. The molecule has 0 aliphatic carbocycles. The van der Waals surface area contributed by atoms with E-state index in [2.05, 4.69) is 4.67 Å². The van der Waals surface area contributed by atoms with Crippen molar-refractivity contribution in [2.75, 3.05) is 13.1 Å². The molecule has 5 nitrogen and oxygen atoms in total. The molecule has 0 unspecified atom stereocenters. The van der Waals surface area contributed by atoms with E-state index in [0.29, 0.717) is 5.90 Å². The molecular formula is C22H23N4OPS. The summed E-state index contributed by atoms with van der Waals surface area (Å²) >= 11 is 6.34. The Bertz CT molecular complexity index is 1100. The van der Waals surface area contributed by atoms with Crippen LogP contribution in [0.5, 0.6) is 0 Å². The van der Waals surface area contributed by atoms with Gasteiger partial charge in [-0.3, -0.25) is 0 Å². The molecule has 1 atom stereocenters. The van der Waals surface area contributed by atoms with Gasteiger partial charge >= 0.3 is 0 Å². The molecule has 1 fully saturated rings. The molecule has 0 radical (unpaired) electrons. The van der Waals surface area contributed by atoms with Crippen LogP contribution in [0.25, 0.3) is 5.69 Å². The summed E-state index contributed by atoms with van der Waals surface area (Å²) < 4.78 is 10.9. The summed E-state index contributed by atoms with van der Waals surface area (Å²) in [5.74, 6) is 1.41. The number of piperidine rings is 1. The van der Waals surface area contributed by atoms with Crippen molar-refractivity contribution in [3.05, 3.63) is 71.9 Å². The van der Waals surface area contributed by atoms with Gasteiger partial charge in [-0.2, -0.15) is 10.1 Å². The molecule has 2 aliphatic heterocycles. The highest BCUT2D eigenvalue weighted by atomic mass is 32.4. The number of fused-ring (bicyclic) bond motifs is 1. The number of benzene rings is 2. The molecule has 0 saturated carbocycles. The molecule has 2 aromatic carbocycles. The van der Waals surface area contributed by atoms with Crippen LogP contribution in [-0.2, 0) is 16.3 Å². The van der Waals surface area contributed by atoms with Crippen molar-refractivity contribution >= 4 is 35.2 Å². The number of hydrogen-bond acceptors (Lipinski definition) is 4. The minimum Gasteiger partial charge on any atom is -0.431 e. The van der Waals surface area contributed by atoms with Crippen LogP contribution in [-0.4, -0.2) is 33.4 Å². The summed E-state index contributed by atoms with van der Waals surface area (Å²) in [6.07, 6.45) is 1.07. The van der Waals surface area contributed by atoms with Gasteiger partial charge in [0.1, 0.15) is 5.30 Å². The van der Waals surface area contributed by atoms with Crippen LogP contribution in [0, 0.1) is 6.92 Å². The zero-order valence-electron chi connectivity index (χ0n) is 16.4. The molecule has 1 aromatic heterocycles. The summed E-state index contributed by atoms with van der Waals surface area (Å²) in [5.41, 5.74) is 2.84. The fourth-order valence-electron chi connectivity index (χ4n) is 4.00. The molecule has 3 aromatic rings. The van der Waals surface area contributed by atoms with Crippen LogP contribution < -0.4 is 5.30 Å². The predicted molar refractivity (Wildman–Crippen MR) is 121 cm³/mol. The lowest BCUT2D eigenvalue weighted by atomic mass is 10.2. The lowest BCUT2D eigenvalue weighted by molar-refractivity contribution is 0.345. The predicted octanol–water partition coefficient (Wildman–Crippen LogP) is 4.71. The first-order valence-corrected chi connectivity index (χ1v) is 12.7. The highest BCUT2D eigenvalue weighted by Crippen LogP contribution is 2.57. The number of aliphatic imine (C=N–C) groups is 1. The van der Waals surface area contributed by atoms with Crippen LogP contribution in [0.15, 0.2) is 65.7 Å². The van der Waals surface area contributed by atoms with E-state index in [-0.39, 0.29) is 0 Å². The standard InChI is InChI=1S/C22H23N4OPS/c1-17-20-21(26(24-17)19-13-7-3-8-14-19)23-22(18-11-5-2-6-12-18)27-28(20,29)25-15-9-4-10-16-25/h2-3,5-8,11-14H,4,9-10,15-16H2,1H3/t28-/m1/s1. The third kappa shape index (κ3) is 3.25. The van der Waals surface area contributed by atoms with E-state index in [1.165, 1.54) is 6.42 Å². The average Bonchev–Trinajstić information content (AvgIpc) is 3.13. The van der Waals surface area contributed by atoms with Crippen molar-refractivity contribution in [2.45, 2.75) is 26.2 Å². The molecule has 0 bridgehead atoms. The topological polar surface area (TPSA) is 42.7 Å². The van der Waals surface area contributed by atoms with Gasteiger partial charge < -0.3 is 4.52 Å². The Morgan fingerprint density at radius 1 is 0.931 bits per heavy atom. The van der Waals surface area contributed by atoms with Crippen molar-refractivity contribution in [2.24, 2.45) is 4.99 Å². The lowest BCUT2D eigenvalue weighted by Gasteiger charge is -2.38. The molecule has 1 saturated heterocycles. The van der Waals surface area contributed by atoms with Crippen molar-refractivity contribution in [3.63, 3.8) is 0 Å². The minimum atomic E-state index is -2.49. The second kappa shape index (κ2) is 7.52. The van der Waals surface area contributed by atoms with E-state index in [1.54, 1.807) is 0 Å². The molecule has 7 heteroatoms. The minimum absolute atomic E-state index is 0.601. The molecule has 29 heavy (non-hydrogen) atoms. The van der Waals surface area contributed by atoms with Crippen LogP contribution >= 0.6 is 6.42 Å². The van der Waals surface area contributed by atoms with Crippen molar-refractivity contribution in [1.82, 2.24) is 14.5 Å². The maximum Gasteiger partial charge on any atom is 0.227 e. The first kappa shape index (κ1) is 18.7. The Morgan fingerprint density at radius 2 is 1.59 bits per heavy atom. The SMILES string of the molecule is Cc1nn(-c2ccccc2)c2c1[P@@](=S)(N1CCCCC1)OC(c1ccccc1)=N2. The van der Waals surface area contributed by atoms with E-state index >= 15 is 0 Å². The van der Waals surface area contributed by atoms with E-state index < -0.39 is 6.42 Å². The molecular weight excluding hydrogens is 399 g/mol. The molecule has 5 rings (SSSR count). The first-order chi connectivity index (χ1) is 14.2. The van der Waals surface area contributed by atoms with Gasteiger partial charge in [0.05, 0.1) is 11.4 Å². The van der Waals surface area contributed by atoms with Crippen LogP contribution in [0.1, 0.15) is 30.5 Å². The Labute approximate surface area is 176 Å². The van der Waals surface area contributed by atoms with Gasteiger partial charge in [-0.25, -0.2) is 9.35 Å². The van der Waals surface area contributed by atoms with E-state index in [0.717, 1.165) is 54.0 Å². The normalized spacial score (nSPS) is 21.9. The number of rotatable bonds is 3. The number of aromatic nitrogens is 2. The molecule has 0 amide bonds. The van der Waals surface area contributed by atoms with Gasteiger partial charge in [-0.05, 0) is 55.8 Å². The Morgan fingerprint density at radius 3 is 2.28 bits per heavy atom. The van der Waals surface area contributed by atoms with Crippen molar-refractivity contribution < 1.29 is 4.52 Å². The maximum absolute atomic E-state index is 6.60.